The first-order valence-corrected chi connectivity index (χ1v) is 4.93. The van der Waals surface area contributed by atoms with Gasteiger partial charge in [0, 0.05) is 17.3 Å². The minimum Gasteiger partial charge on any atom is -0.299 e. The Hall–Kier alpha value is -0.410. The summed E-state index contributed by atoms with van der Waals surface area (Å²) in [6.07, 6.45) is 0.612. The largest absolute Gasteiger partial charge is 0.299 e. The van der Waals surface area contributed by atoms with E-state index < -0.39 is 5.82 Å². The molecule has 68 valence electrons. The van der Waals surface area contributed by atoms with Gasteiger partial charge in [0.05, 0.1) is 5.02 Å². The molecule has 0 spiro atoms. The Labute approximate surface area is 88.0 Å². The van der Waals surface area contributed by atoms with Gasteiger partial charge >= 0.3 is 0 Å². The molecule has 0 atom stereocenters. The molecule has 0 radical (unpaired) electrons. The zero-order valence-corrected chi connectivity index (χ0v) is 8.88. The molecular weight excluding hydrogens is 258 g/mol. The van der Waals surface area contributed by atoms with Crippen LogP contribution in [0.1, 0.15) is 11.1 Å². The molecule has 13 heavy (non-hydrogen) atoms. The average Bonchev–Trinajstić information content (AvgIpc) is 2.44. The van der Waals surface area contributed by atoms with Crippen LogP contribution in [0, 0.1) is 5.82 Å². The molecule has 1 aromatic rings. The van der Waals surface area contributed by atoms with Crippen LogP contribution < -0.4 is 0 Å². The van der Waals surface area contributed by atoms with E-state index in [-0.39, 0.29) is 17.2 Å². The molecule has 0 saturated carbocycles. The minimum absolute atomic E-state index is 0.0863. The normalized spacial score (nSPS) is 14.8. The molecule has 0 unspecified atom stereocenters. The number of ketones is 1. The van der Waals surface area contributed by atoms with Crippen LogP contribution in [-0.2, 0) is 17.6 Å². The maximum absolute atomic E-state index is 13.1. The van der Waals surface area contributed by atoms with Crippen molar-refractivity contribution in [3.63, 3.8) is 0 Å². The number of benzene rings is 1. The molecule has 0 aromatic heterocycles. The summed E-state index contributed by atoms with van der Waals surface area (Å²) in [7, 11) is 0. The SMILES string of the molecule is O=C1Cc2c(Br)cc(F)c(Cl)c2C1. The van der Waals surface area contributed by atoms with Crippen molar-refractivity contribution in [3.05, 3.63) is 32.5 Å². The third-order valence-electron chi connectivity index (χ3n) is 2.13. The molecule has 0 saturated heterocycles. The topological polar surface area (TPSA) is 17.1 Å². The van der Waals surface area contributed by atoms with Crippen LogP contribution in [0.5, 0.6) is 0 Å². The predicted octanol–water partition coefficient (Wildman–Crippen LogP) is 2.91. The molecule has 0 fully saturated rings. The average molecular weight is 263 g/mol. The number of carbonyl (C=O) groups is 1. The quantitative estimate of drug-likeness (QED) is 0.658. The minimum atomic E-state index is -0.470. The Balaban J connectivity index is 2.69. The summed E-state index contributed by atoms with van der Waals surface area (Å²) < 4.78 is 13.7. The van der Waals surface area contributed by atoms with Crippen LogP contribution in [0.15, 0.2) is 10.5 Å². The number of halogens is 3. The van der Waals surface area contributed by atoms with Crippen molar-refractivity contribution in [2.24, 2.45) is 0 Å². The lowest BCUT2D eigenvalue weighted by Gasteiger charge is -2.04. The molecule has 1 nitrogen and oxygen atoms in total. The van der Waals surface area contributed by atoms with Crippen LogP contribution in [0.2, 0.25) is 5.02 Å². The summed E-state index contributed by atoms with van der Waals surface area (Å²) in [5.74, 6) is -0.384. The Bertz CT molecular complexity index is 403. The first-order valence-electron chi connectivity index (χ1n) is 3.76. The van der Waals surface area contributed by atoms with Crippen molar-refractivity contribution in [1.29, 1.82) is 0 Å². The van der Waals surface area contributed by atoms with Gasteiger partial charge in [-0.3, -0.25) is 4.79 Å². The predicted molar refractivity (Wildman–Crippen MR) is 51.5 cm³/mol. The van der Waals surface area contributed by atoms with Gasteiger partial charge in [0.1, 0.15) is 11.6 Å². The Morgan fingerprint density at radius 3 is 2.69 bits per heavy atom. The van der Waals surface area contributed by atoms with Crippen molar-refractivity contribution in [3.8, 4) is 0 Å². The van der Waals surface area contributed by atoms with Gasteiger partial charge in [-0.1, -0.05) is 27.5 Å². The highest BCUT2D eigenvalue weighted by molar-refractivity contribution is 9.10. The molecule has 0 heterocycles. The van der Waals surface area contributed by atoms with Gasteiger partial charge < -0.3 is 0 Å². The molecular formula is C9H5BrClFO. The summed E-state index contributed by atoms with van der Waals surface area (Å²) in [6, 6.07) is 1.31. The second kappa shape index (κ2) is 3.07. The van der Waals surface area contributed by atoms with Crippen molar-refractivity contribution in [2.75, 3.05) is 0 Å². The highest BCUT2D eigenvalue weighted by Crippen LogP contribution is 2.34. The van der Waals surface area contributed by atoms with Crippen molar-refractivity contribution in [2.45, 2.75) is 12.8 Å². The smallest absolute Gasteiger partial charge is 0.143 e. The number of fused-ring (bicyclic) bond motifs is 1. The van der Waals surface area contributed by atoms with E-state index in [2.05, 4.69) is 15.9 Å². The third-order valence-corrected chi connectivity index (χ3v) is 3.24. The molecule has 0 amide bonds. The molecule has 4 heteroatoms. The van der Waals surface area contributed by atoms with Crippen LogP contribution in [0.4, 0.5) is 4.39 Å². The van der Waals surface area contributed by atoms with E-state index in [4.69, 9.17) is 11.6 Å². The van der Waals surface area contributed by atoms with E-state index in [1.165, 1.54) is 6.07 Å². The van der Waals surface area contributed by atoms with Crippen LogP contribution in [-0.4, -0.2) is 5.78 Å². The fraction of sp³-hybridized carbons (Fsp3) is 0.222. The summed E-state index contributed by atoms with van der Waals surface area (Å²) in [6.45, 7) is 0. The lowest BCUT2D eigenvalue weighted by Crippen LogP contribution is -1.93. The zero-order chi connectivity index (χ0) is 9.59. The van der Waals surface area contributed by atoms with Gasteiger partial charge in [0.15, 0.2) is 0 Å². The molecule has 2 rings (SSSR count). The van der Waals surface area contributed by atoms with Crippen LogP contribution in [0.25, 0.3) is 0 Å². The van der Waals surface area contributed by atoms with Crippen molar-refractivity contribution >= 4 is 33.3 Å². The standard InChI is InChI=1S/C9H5BrClFO/c10-7-3-8(12)9(11)6-2-4(13)1-5(6)7/h3H,1-2H2. The molecule has 1 aromatic carbocycles. The molecule has 0 N–H and O–H groups in total. The molecule has 0 aliphatic heterocycles. The maximum Gasteiger partial charge on any atom is 0.143 e. The number of hydrogen-bond acceptors (Lipinski definition) is 1. The summed E-state index contributed by atoms with van der Waals surface area (Å²) in [5.41, 5.74) is 1.47. The van der Waals surface area contributed by atoms with Gasteiger partial charge in [-0.2, -0.15) is 0 Å². The summed E-state index contributed by atoms with van der Waals surface area (Å²) >= 11 is 8.94. The highest BCUT2D eigenvalue weighted by atomic mass is 79.9. The highest BCUT2D eigenvalue weighted by Gasteiger charge is 2.25. The third kappa shape index (κ3) is 1.40. The fourth-order valence-electron chi connectivity index (χ4n) is 1.51. The number of hydrogen-bond donors (Lipinski definition) is 0. The van der Waals surface area contributed by atoms with Gasteiger partial charge in [-0.25, -0.2) is 4.39 Å². The van der Waals surface area contributed by atoms with Crippen molar-refractivity contribution < 1.29 is 9.18 Å². The first kappa shape index (κ1) is 9.16. The lowest BCUT2D eigenvalue weighted by atomic mass is 10.1. The molecule has 1 aliphatic rings. The van der Waals surface area contributed by atoms with Crippen LogP contribution in [0.3, 0.4) is 0 Å². The Morgan fingerprint density at radius 2 is 2.00 bits per heavy atom. The molecule has 1 aliphatic carbocycles. The van der Waals surface area contributed by atoms with Gasteiger partial charge in [0.2, 0.25) is 0 Å². The van der Waals surface area contributed by atoms with E-state index >= 15 is 0 Å². The van der Waals surface area contributed by atoms with Gasteiger partial charge in [0.25, 0.3) is 0 Å². The van der Waals surface area contributed by atoms with E-state index in [9.17, 15) is 9.18 Å². The first-order chi connectivity index (χ1) is 6.09. The maximum atomic E-state index is 13.1. The van der Waals surface area contributed by atoms with Gasteiger partial charge in [-0.05, 0) is 17.2 Å². The van der Waals surface area contributed by atoms with Crippen molar-refractivity contribution in [1.82, 2.24) is 0 Å². The van der Waals surface area contributed by atoms with Crippen LogP contribution >= 0.6 is 27.5 Å². The second-order valence-electron chi connectivity index (χ2n) is 3.00. The Morgan fingerprint density at radius 1 is 1.38 bits per heavy atom. The van der Waals surface area contributed by atoms with E-state index in [0.29, 0.717) is 16.5 Å². The summed E-state index contributed by atoms with van der Waals surface area (Å²) in [5, 5.41) is 0.0871. The summed E-state index contributed by atoms with van der Waals surface area (Å²) in [4.78, 5) is 11.1. The lowest BCUT2D eigenvalue weighted by molar-refractivity contribution is -0.117. The number of Topliss-reactive ketones (excluding diaryl/α,β-unsaturated/α-hetero) is 1. The monoisotopic (exact) mass is 262 g/mol. The van der Waals surface area contributed by atoms with E-state index in [1.54, 1.807) is 0 Å². The number of rotatable bonds is 0. The fourth-order valence-corrected chi connectivity index (χ4v) is 2.33. The Kier molecular flexibility index (Phi) is 2.16. The zero-order valence-electron chi connectivity index (χ0n) is 6.53. The van der Waals surface area contributed by atoms with E-state index in [0.717, 1.165) is 5.56 Å². The molecule has 0 bridgehead atoms. The number of carbonyl (C=O) groups excluding carboxylic acids is 1. The van der Waals surface area contributed by atoms with E-state index in [1.807, 2.05) is 0 Å². The van der Waals surface area contributed by atoms with Gasteiger partial charge in [-0.15, -0.1) is 0 Å². The second-order valence-corrected chi connectivity index (χ2v) is 4.24.